The van der Waals surface area contributed by atoms with E-state index in [1.165, 1.54) is 45.1 Å². The van der Waals surface area contributed by atoms with Gasteiger partial charge in [0.1, 0.15) is 11.4 Å². The molecule has 4 heteroatoms. The van der Waals surface area contributed by atoms with Crippen molar-refractivity contribution in [3.8, 4) is 11.4 Å². The Morgan fingerprint density at radius 3 is 1.29 bits per heavy atom. The van der Waals surface area contributed by atoms with Crippen LogP contribution in [0.15, 0.2) is 109 Å². The number of nitrogens with zero attached hydrogens (tertiary/aromatic N) is 4. The molecule has 0 aliphatic heterocycles. The predicted octanol–water partition coefficient (Wildman–Crippen LogP) is 5.86. The molecular weight excluding hydrogens is 428 g/mol. The second kappa shape index (κ2) is 8.88. The number of hydrogen-bond donors (Lipinski definition) is 0. The molecule has 0 fully saturated rings. The third kappa shape index (κ3) is 3.62. The number of aromatic nitrogens is 4. The van der Waals surface area contributed by atoms with Crippen LogP contribution in [0, 0.1) is 13.8 Å². The molecular formula is C31H30N4+2. The van der Waals surface area contributed by atoms with Crippen molar-refractivity contribution in [3.63, 3.8) is 0 Å². The molecule has 2 heterocycles. The van der Waals surface area contributed by atoms with Gasteiger partial charge in [-0.05, 0) is 48.5 Å². The van der Waals surface area contributed by atoms with Gasteiger partial charge in [0.2, 0.25) is 0 Å². The van der Waals surface area contributed by atoms with E-state index >= 15 is 0 Å². The number of imidazole rings is 2. The van der Waals surface area contributed by atoms with Gasteiger partial charge < -0.3 is 0 Å². The number of fused-ring (bicyclic) bond motifs is 2. The van der Waals surface area contributed by atoms with Gasteiger partial charge in [-0.15, -0.1) is 0 Å². The Morgan fingerprint density at radius 1 is 0.486 bits per heavy atom. The highest BCUT2D eigenvalue weighted by atomic mass is 15.2. The molecule has 2 aromatic heterocycles. The molecule has 172 valence electrons. The van der Waals surface area contributed by atoms with Crippen LogP contribution >= 0.6 is 0 Å². The molecule has 0 N–H and O–H groups in total. The Kier molecular flexibility index (Phi) is 5.42. The second-order valence-electron chi connectivity index (χ2n) is 9.07. The van der Waals surface area contributed by atoms with E-state index in [0.29, 0.717) is 0 Å². The Morgan fingerprint density at radius 2 is 0.857 bits per heavy atom. The maximum Gasteiger partial charge on any atom is 0.259 e. The molecule has 0 aliphatic rings. The lowest BCUT2D eigenvalue weighted by atomic mass is 10.2. The standard InChI is InChI=1S/C31H30N4/c1-24-32(28-18-9-11-20-30(28)34(24)26-14-5-3-6-15-26)22-13-23-33-25(2)35(27-16-7-4-8-17-27)31-21-12-10-19-29(31)33/h3-12,14-21H,13,22-23H2,1-2H3/q+2. The Hall–Kier alpha value is -4.18. The van der Waals surface area contributed by atoms with E-state index in [4.69, 9.17) is 0 Å². The van der Waals surface area contributed by atoms with Crippen molar-refractivity contribution >= 4 is 22.1 Å². The van der Waals surface area contributed by atoms with Gasteiger partial charge in [-0.1, -0.05) is 60.7 Å². The maximum atomic E-state index is 2.47. The molecule has 0 atom stereocenters. The largest absolute Gasteiger partial charge is 0.259 e. The Labute approximate surface area is 205 Å². The highest BCUT2D eigenvalue weighted by Gasteiger charge is 2.25. The lowest BCUT2D eigenvalue weighted by Gasteiger charge is -2.03. The van der Waals surface area contributed by atoms with E-state index in [2.05, 4.69) is 141 Å². The first kappa shape index (κ1) is 21.4. The van der Waals surface area contributed by atoms with Crippen molar-refractivity contribution in [1.29, 1.82) is 0 Å². The first-order valence-electron chi connectivity index (χ1n) is 12.3. The summed E-state index contributed by atoms with van der Waals surface area (Å²) in [5.41, 5.74) is 7.47. The maximum absolute atomic E-state index is 2.47. The summed E-state index contributed by atoms with van der Waals surface area (Å²) < 4.78 is 9.67. The first-order chi connectivity index (χ1) is 17.2. The highest BCUT2D eigenvalue weighted by Crippen LogP contribution is 2.21. The van der Waals surface area contributed by atoms with E-state index in [1.807, 2.05) is 0 Å². The van der Waals surface area contributed by atoms with Crippen LogP contribution in [-0.4, -0.2) is 9.13 Å². The van der Waals surface area contributed by atoms with Gasteiger partial charge >= 0.3 is 0 Å². The van der Waals surface area contributed by atoms with Crippen molar-refractivity contribution in [2.45, 2.75) is 33.4 Å². The average Bonchev–Trinajstić information content (AvgIpc) is 3.35. The Bertz CT molecular complexity index is 1500. The zero-order valence-electron chi connectivity index (χ0n) is 20.3. The van der Waals surface area contributed by atoms with Crippen LogP contribution in [0.25, 0.3) is 33.4 Å². The first-order valence-corrected chi connectivity index (χ1v) is 12.3. The van der Waals surface area contributed by atoms with Gasteiger partial charge in [0, 0.05) is 20.3 Å². The van der Waals surface area contributed by atoms with E-state index < -0.39 is 0 Å². The van der Waals surface area contributed by atoms with E-state index in [9.17, 15) is 0 Å². The fraction of sp³-hybridized carbons (Fsp3) is 0.161. The molecule has 0 radical (unpaired) electrons. The molecule has 0 aliphatic carbocycles. The molecule has 6 rings (SSSR count). The van der Waals surface area contributed by atoms with E-state index in [1.54, 1.807) is 0 Å². The number of para-hydroxylation sites is 6. The van der Waals surface area contributed by atoms with Crippen LogP contribution in [0.2, 0.25) is 0 Å². The quantitative estimate of drug-likeness (QED) is 0.278. The minimum Gasteiger partial charge on any atom is -0.227 e. The second-order valence-corrected chi connectivity index (χ2v) is 9.07. The fourth-order valence-corrected chi connectivity index (χ4v) is 5.46. The number of benzene rings is 4. The third-order valence-corrected chi connectivity index (χ3v) is 7.05. The molecule has 0 bridgehead atoms. The molecule has 0 spiro atoms. The number of rotatable bonds is 6. The molecule has 0 saturated heterocycles. The van der Waals surface area contributed by atoms with E-state index in [0.717, 1.165) is 19.5 Å². The summed E-state index contributed by atoms with van der Waals surface area (Å²) in [6.07, 6.45) is 1.04. The van der Waals surface area contributed by atoms with Crippen LogP contribution in [0.4, 0.5) is 0 Å². The SMILES string of the molecule is Cc1n(-c2ccccc2)c2ccccc2[n+]1CCC[n+]1c(C)n(-c2ccccc2)c2ccccc21. The van der Waals surface area contributed by atoms with Crippen LogP contribution in [0.5, 0.6) is 0 Å². The van der Waals surface area contributed by atoms with Crippen molar-refractivity contribution in [1.82, 2.24) is 9.13 Å². The summed E-state index contributed by atoms with van der Waals surface area (Å²) >= 11 is 0. The zero-order valence-corrected chi connectivity index (χ0v) is 20.3. The summed E-state index contributed by atoms with van der Waals surface area (Å²) in [4.78, 5) is 0. The normalized spacial score (nSPS) is 11.5. The van der Waals surface area contributed by atoms with Gasteiger partial charge in [-0.3, -0.25) is 0 Å². The molecule has 0 saturated carbocycles. The van der Waals surface area contributed by atoms with E-state index in [-0.39, 0.29) is 0 Å². The summed E-state index contributed by atoms with van der Waals surface area (Å²) in [6, 6.07) is 38.8. The van der Waals surface area contributed by atoms with Crippen LogP contribution in [0.1, 0.15) is 18.1 Å². The Balaban J connectivity index is 1.36. The topological polar surface area (TPSA) is 17.6 Å². The molecule has 4 nitrogen and oxygen atoms in total. The minimum absolute atomic E-state index is 0.962. The predicted molar refractivity (Wildman–Crippen MR) is 141 cm³/mol. The fourth-order valence-electron chi connectivity index (χ4n) is 5.46. The molecule has 0 amide bonds. The minimum atomic E-state index is 0.962. The monoisotopic (exact) mass is 458 g/mol. The summed E-state index contributed by atoms with van der Waals surface area (Å²) in [5, 5.41) is 0. The molecule has 35 heavy (non-hydrogen) atoms. The van der Waals surface area contributed by atoms with Gasteiger partial charge in [-0.2, -0.15) is 9.13 Å². The van der Waals surface area contributed by atoms with Gasteiger partial charge in [0.05, 0.1) is 13.1 Å². The number of hydrogen-bond acceptors (Lipinski definition) is 0. The third-order valence-electron chi connectivity index (χ3n) is 7.05. The van der Waals surface area contributed by atoms with Crippen LogP contribution < -0.4 is 9.13 Å². The lowest BCUT2D eigenvalue weighted by Crippen LogP contribution is -2.41. The zero-order chi connectivity index (χ0) is 23.8. The lowest BCUT2D eigenvalue weighted by molar-refractivity contribution is -0.708. The summed E-state index contributed by atoms with van der Waals surface area (Å²) in [5.74, 6) is 2.51. The van der Waals surface area contributed by atoms with Crippen molar-refractivity contribution in [2.24, 2.45) is 0 Å². The average molecular weight is 459 g/mol. The van der Waals surface area contributed by atoms with Crippen molar-refractivity contribution < 1.29 is 9.13 Å². The number of aryl methyl sites for hydroxylation is 2. The van der Waals surface area contributed by atoms with Gasteiger partial charge in [0.25, 0.3) is 11.6 Å². The molecule has 6 aromatic rings. The molecule has 0 unspecified atom stereocenters. The molecule has 4 aromatic carbocycles. The van der Waals surface area contributed by atoms with Crippen LogP contribution in [0.3, 0.4) is 0 Å². The highest BCUT2D eigenvalue weighted by molar-refractivity contribution is 5.75. The summed E-state index contributed by atoms with van der Waals surface area (Å²) in [7, 11) is 0. The van der Waals surface area contributed by atoms with Gasteiger partial charge in [-0.25, -0.2) is 9.13 Å². The van der Waals surface area contributed by atoms with Crippen molar-refractivity contribution in [3.05, 3.63) is 121 Å². The van der Waals surface area contributed by atoms with Crippen LogP contribution in [-0.2, 0) is 13.1 Å². The van der Waals surface area contributed by atoms with Gasteiger partial charge in [0.15, 0.2) is 22.1 Å². The van der Waals surface area contributed by atoms with Crippen molar-refractivity contribution in [2.75, 3.05) is 0 Å². The summed E-state index contributed by atoms with van der Waals surface area (Å²) in [6.45, 7) is 6.38. The smallest absolute Gasteiger partial charge is 0.227 e.